The summed E-state index contributed by atoms with van der Waals surface area (Å²) in [7, 11) is 0. The molecule has 3 heteroatoms. The van der Waals surface area contributed by atoms with Gasteiger partial charge in [-0.25, -0.2) is 9.97 Å². The summed E-state index contributed by atoms with van der Waals surface area (Å²) in [6.07, 6.45) is 0. The zero-order chi connectivity index (χ0) is 36.3. The fraction of sp³-hybridized carbons (Fsp3) is 0. The number of hydrogen-bond acceptors (Lipinski definition) is 2. The van der Waals surface area contributed by atoms with E-state index in [1.165, 1.54) is 54.6 Å². The van der Waals surface area contributed by atoms with Gasteiger partial charge in [-0.1, -0.05) is 164 Å². The third kappa shape index (κ3) is 5.36. The van der Waals surface area contributed by atoms with Crippen molar-refractivity contribution in [2.45, 2.75) is 0 Å². The van der Waals surface area contributed by atoms with Crippen LogP contribution in [0, 0.1) is 0 Å². The van der Waals surface area contributed by atoms with Crippen LogP contribution >= 0.6 is 0 Å². The molecule has 0 bridgehead atoms. The molecule has 0 aliphatic carbocycles. The molecule has 0 N–H and O–H groups in total. The van der Waals surface area contributed by atoms with Gasteiger partial charge < -0.3 is 0 Å². The average molecular weight is 700 g/mol. The van der Waals surface area contributed by atoms with Crippen molar-refractivity contribution >= 4 is 54.3 Å². The molecular formula is C52H33N3. The smallest absolute Gasteiger partial charge is 0.235 e. The Kier molecular flexibility index (Phi) is 7.17. The van der Waals surface area contributed by atoms with E-state index < -0.39 is 0 Å². The van der Waals surface area contributed by atoms with Gasteiger partial charge in [-0.3, -0.25) is 4.57 Å². The summed E-state index contributed by atoms with van der Waals surface area (Å²) in [4.78, 5) is 10.9. The van der Waals surface area contributed by atoms with Crippen molar-refractivity contribution in [3.8, 4) is 50.6 Å². The van der Waals surface area contributed by atoms with Crippen LogP contribution in [0.25, 0.3) is 105 Å². The van der Waals surface area contributed by atoms with Crippen molar-refractivity contribution in [3.05, 3.63) is 200 Å². The van der Waals surface area contributed by atoms with E-state index in [1.54, 1.807) is 0 Å². The van der Waals surface area contributed by atoms with Crippen LogP contribution in [0.15, 0.2) is 200 Å². The summed E-state index contributed by atoms with van der Waals surface area (Å²) in [5.41, 5.74) is 12.0. The molecule has 0 saturated carbocycles. The zero-order valence-electron chi connectivity index (χ0n) is 29.9. The molecule has 0 fully saturated rings. The molecule has 0 spiro atoms. The molecular weight excluding hydrogens is 667 g/mol. The molecule has 0 aliphatic heterocycles. The van der Waals surface area contributed by atoms with Crippen molar-refractivity contribution in [3.63, 3.8) is 0 Å². The molecule has 0 aliphatic rings. The van der Waals surface area contributed by atoms with Crippen molar-refractivity contribution in [1.29, 1.82) is 0 Å². The van der Waals surface area contributed by atoms with Crippen LogP contribution in [-0.4, -0.2) is 14.5 Å². The summed E-state index contributed by atoms with van der Waals surface area (Å²) >= 11 is 0. The van der Waals surface area contributed by atoms with Gasteiger partial charge in [0.05, 0.1) is 22.2 Å². The molecule has 11 aromatic rings. The lowest BCUT2D eigenvalue weighted by Gasteiger charge is -2.14. The topological polar surface area (TPSA) is 30.7 Å². The molecule has 256 valence electrons. The average Bonchev–Trinajstić information content (AvgIpc) is 3.56. The first-order chi connectivity index (χ1) is 27.2. The van der Waals surface area contributed by atoms with Crippen LogP contribution in [-0.2, 0) is 0 Å². The summed E-state index contributed by atoms with van der Waals surface area (Å²) in [5, 5.41) is 8.17. The van der Waals surface area contributed by atoms with E-state index in [4.69, 9.17) is 9.97 Å². The number of fused-ring (bicyclic) bond motifs is 6. The van der Waals surface area contributed by atoms with E-state index >= 15 is 0 Å². The highest BCUT2D eigenvalue weighted by atomic mass is 15.2. The minimum atomic E-state index is 0.650. The Bertz CT molecular complexity index is 3120. The van der Waals surface area contributed by atoms with Crippen LogP contribution in [0.2, 0.25) is 0 Å². The van der Waals surface area contributed by atoms with Gasteiger partial charge in [-0.15, -0.1) is 0 Å². The van der Waals surface area contributed by atoms with Gasteiger partial charge in [0.2, 0.25) is 5.95 Å². The van der Waals surface area contributed by atoms with Gasteiger partial charge in [-0.2, -0.15) is 0 Å². The quantitative estimate of drug-likeness (QED) is 0.179. The predicted octanol–water partition coefficient (Wildman–Crippen LogP) is 13.7. The second-order valence-electron chi connectivity index (χ2n) is 14.3. The van der Waals surface area contributed by atoms with Gasteiger partial charge in [0, 0.05) is 21.7 Å². The maximum absolute atomic E-state index is 5.48. The molecule has 0 radical (unpaired) electrons. The largest absolute Gasteiger partial charge is 0.278 e. The van der Waals surface area contributed by atoms with Gasteiger partial charge in [0.15, 0.2) is 0 Å². The highest BCUT2D eigenvalue weighted by molar-refractivity contribution is 6.16. The van der Waals surface area contributed by atoms with E-state index in [2.05, 4.69) is 205 Å². The number of nitrogens with zero attached hydrogens (tertiary/aromatic N) is 3. The standard InChI is InChI=1S/C52H33N3/c1-3-11-34(12-4-1)36-19-21-38(22-20-36)44-27-28-45-48(31-44)53-52(54-51(45)39-25-23-37(24-26-39)35-13-5-2-6-14-35)55-49-32-42-17-9-7-15-40(42)29-46(49)47-30-41-16-8-10-18-43(41)33-50(47)55/h1-33H. The minimum absolute atomic E-state index is 0.650. The second-order valence-corrected chi connectivity index (χ2v) is 14.3. The zero-order valence-corrected chi connectivity index (χ0v) is 29.9. The molecule has 0 atom stereocenters. The lowest BCUT2D eigenvalue weighted by atomic mass is 9.98. The van der Waals surface area contributed by atoms with E-state index in [0.29, 0.717) is 5.95 Å². The van der Waals surface area contributed by atoms with E-state index in [1.807, 2.05) is 0 Å². The van der Waals surface area contributed by atoms with Crippen LogP contribution < -0.4 is 0 Å². The highest BCUT2D eigenvalue weighted by Crippen LogP contribution is 2.39. The first-order valence-electron chi connectivity index (χ1n) is 18.7. The maximum Gasteiger partial charge on any atom is 0.235 e. The third-order valence-electron chi connectivity index (χ3n) is 11.0. The van der Waals surface area contributed by atoms with Crippen molar-refractivity contribution in [2.75, 3.05) is 0 Å². The van der Waals surface area contributed by atoms with E-state index in [0.717, 1.165) is 44.3 Å². The maximum atomic E-state index is 5.48. The van der Waals surface area contributed by atoms with Gasteiger partial charge in [0.1, 0.15) is 0 Å². The Balaban J connectivity index is 1.16. The summed E-state index contributed by atoms with van der Waals surface area (Å²) in [6.45, 7) is 0. The Hall–Kier alpha value is -7.36. The number of hydrogen-bond donors (Lipinski definition) is 0. The second kappa shape index (κ2) is 12.6. The Labute approximate surface area is 318 Å². The Morgan fingerprint density at radius 2 is 0.691 bits per heavy atom. The molecule has 9 aromatic carbocycles. The molecule has 0 saturated heterocycles. The fourth-order valence-corrected chi connectivity index (χ4v) is 8.16. The first kappa shape index (κ1) is 31.2. The molecule has 55 heavy (non-hydrogen) atoms. The summed E-state index contributed by atoms with van der Waals surface area (Å²) < 4.78 is 2.27. The van der Waals surface area contributed by atoms with E-state index in [-0.39, 0.29) is 0 Å². The monoisotopic (exact) mass is 699 g/mol. The SMILES string of the molecule is c1ccc(-c2ccc(-c3ccc4c(-c5ccc(-c6ccccc6)cc5)nc(-n5c6cc7ccccc7cc6c6cc7ccccc7cc65)nc4c3)cc2)cc1. The summed E-state index contributed by atoms with van der Waals surface area (Å²) in [5.74, 6) is 0.650. The lowest BCUT2D eigenvalue weighted by Crippen LogP contribution is -2.03. The van der Waals surface area contributed by atoms with Crippen molar-refractivity contribution in [1.82, 2.24) is 14.5 Å². The number of rotatable bonds is 5. The first-order valence-corrected chi connectivity index (χ1v) is 18.7. The van der Waals surface area contributed by atoms with Crippen LogP contribution in [0.5, 0.6) is 0 Å². The summed E-state index contributed by atoms with van der Waals surface area (Å²) in [6, 6.07) is 71.6. The Morgan fingerprint density at radius 3 is 1.20 bits per heavy atom. The Morgan fingerprint density at radius 1 is 0.291 bits per heavy atom. The van der Waals surface area contributed by atoms with Gasteiger partial charge in [0.25, 0.3) is 0 Å². The van der Waals surface area contributed by atoms with Crippen LogP contribution in [0.3, 0.4) is 0 Å². The predicted molar refractivity (Wildman–Crippen MR) is 231 cm³/mol. The normalized spacial score (nSPS) is 11.6. The molecule has 11 rings (SSSR count). The fourth-order valence-electron chi connectivity index (χ4n) is 8.16. The number of aromatic nitrogens is 3. The van der Waals surface area contributed by atoms with Crippen molar-refractivity contribution in [2.24, 2.45) is 0 Å². The van der Waals surface area contributed by atoms with Gasteiger partial charge in [-0.05, 0) is 91.3 Å². The molecule has 2 aromatic heterocycles. The third-order valence-corrected chi connectivity index (χ3v) is 11.0. The van der Waals surface area contributed by atoms with Crippen molar-refractivity contribution < 1.29 is 0 Å². The molecule has 3 nitrogen and oxygen atoms in total. The number of benzene rings is 9. The van der Waals surface area contributed by atoms with Gasteiger partial charge >= 0.3 is 0 Å². The lowest BCUT2D eigenvalue weighted by molar-refractivity contribution is 1.01. The van der Waals surface area contributed by atoms with Crippen LogP contribution in [0.1, 0.15) is 0 Å². The highest BCUT2D eigenvalue weighted by Gasteiger charge is 2.19. The molecule has 0 unspecified atom stereocenters. The minimum Gasteiger partial charge on any atom is -0.278 e. The van der Waals surface area contributed by atoms with E-state index in [9.17, 15) is 0 Å². The van der Waals surface area contributed by atoms with Crippen LogP contribution in [0.4, 0.5) is 0 Å². The molecule has 2 heterocycles. The molecule has 0 amide bonds.